The van der Waals surface area contributed by atoms with E-state index in [0.29, 0.717) is 5.69 Å². The second kappa shape index (κ2) is 5.12. The van der Waals surface area contributed by atoms with E-state index in [0.717, 1.165) is 30.6 Å². The van der Waals surface area contributed by atoms with Gasteiger partial charge in [-0.15, -0.1) is 5.10 Å². The fourth-order valence-corrected chi connectivity index (χ4v) is 2.44. The first kappa shape index (κ1) is 11.7. The molecule has 1 aliphatic carbocycles. The van der Waals surface area contributed by atoms with Gasteiger partial charge in [-0.2, -0.15) is 0 Å². The summed E-state index contributed by atoms with van der Waals surface area (Å²) in [6.45, 7) is 0.721. The van der Waals surface area contributed by atoms with Crippen LogP contribution in [0.1, 0.15) is 29.8 Å². The predicted octanol–water partition coefficient (Wildman–Crippen LogP) is 3.15. The molecule has 1 aliphatic rings. The van der Waals surface area contributed by atoms with E-state index in [1.54, 1.807) is 0 Å². The number of nitrogens with zero attached hydrogens (tertiary/aromatic N) is 6. The number of benzene rings is 1. The Kier molecular flexibility index (Phi) is 3.16. The minimum Gasteiger partial charge on any atom is -0.245 e. The van der Waals surface area contributed by atoms with E-state index in [-0.39, 0.29) is 0 Å². The minimum absolute atomic E-state index is 0.631. The summed E-state index contributed by atoms with van der Waals surface area (Å²) in [7, 11) is 0. The van der Waals surface area contributed by atoms with E-state index in [2.05, 4.69) is 20.3 Å². The van der Waals surface area contributed by atoms with Gasteiger partial charge >= 0.3 is 0 Å². The van der Waals surface area contributed by atoms with E-state index >= 15 is 0 Å². The number of aromatic nitrogens is 3. The van der Waals surface area contributed by atoms with Crippen LogP contribution in [-0.4, -0.2) is 15.0 Å². The molecule has 0 fully saturated rings. The van der Waals surface area contributed by atoms with Gasteiger partial charge in [0.2, 0.25) is 0 Å². The molecule has 1 aromatic heterocycles. The van der Waals surface area contributed by atoms with Crippen molar-refractivity contribution in [3.63, 3.8) is 0 Å². The van der Waals surface area contributed by atoms with Crippen molar-refractivity contribution in [3.8, 4) is 0 Å². The Morgan fingerprint density at radius 3 is 2.79 bits per heavy atom. The number of azide groups is 1. The van der Waals surface area contributed by atoms with E-state index in [1.807, 2.05) is 28.9 Å². The Morgan fingerprint density at radius 1 is 1.21 bits per heavy atom. The van der Waals surface area contributed by atoms with Crippen LogP contribution in [0.5, 0.6) is 0 Å². The van der Waals surface area contributed by atoms with Gasteiger partial charge in [-0.1, -0.05) is 34.6 Å². The van der Waals surface area contributed by atoms with Crippen LogP contribution >= 0.6 is 0 Å². The maximum Gasteiger partial charge on any atom is 0.0859 e. The van der Waals surface area contributed by atoms with Crippen molar-refractivity contribution in [1.82, 2.24) is 15.0 Å². The summed E-state index contributed by atoms with van der Waals surface area (Å²) in [4.78, 5) is 2.77. The van der Waals surface area contributed by atoms with Gasteiger partial charge < -0.3 is 0 Å². The summed E-state index contributed by atoms with van der Waals surface area (Å²) in [5, 5.41) is 12.0. The monoisotopic (exact) mass is 254 g/mol. The lowest BCUT2D eigenvalue weighted by Crippen LogP contribution is -2.10. The summed E-state index contributed by atoms with van der Waals surface area (Å²) in [6.07, 6.45) is 4.55. The van der Waals surface area contributed by atoms with Crippen LogP contribution in [0, 0.1) is 0 Å². The molecule has 6 nitrogen and oxygen atoms in total. The largest absolute Gasteiger partial charge is 0.245 e. The van der Waals surface area contributed by atoms with Crippen molar-refractivity contribution in [2.75, 3.05) is 0 Å². The molecule has 0 radical (unpaired) electrons. The maximum atomic E-state index is 8.36. The molecule has 0 spiro atoms. The average molecular weight is 254 g/mol. The van der Waals surface area contributed by atoms with Crippen molar-refractivity contribution in [2.24, 2.45) is 5.11 Å². The normalized spacial score (nSPS) is 13.7. The Balaban J connectivity index is 1.81. The third-order valence-electron chi connectivity index (χ3n) is 3.42. The molecule has 0 atom stereocenters. The molecular weight excluding hydrogens is 240 g/mol. The van der Waals surface area contributed by atoms with Gasteiger partial charge in [0.05, 0.1) is 17.9 Å². The zero-order valence-electron chi connectivity index (χ0n) is 10.5. The fourth-order valence-electron chi connectivity index (χ4n) is 2.44. The third kappa shape index (κ3) is 2.44. The quantitative estimate of drug-likeness (QED) is 0.479. The van der Waals surface area contributed by atoms with Gasteiger partial charge in [0, 0.05) is 10.6 Å². The smallest absolute Gasteiger partial charge is 0.0859 e. The van der Waals surface area contributed by atoms with Crippen LogP contribution < -0.4 is 0 Å². The van der Waals surface area contributed by atoms with E-state index in [9.17, 15) is 0 Å². The van der Waals surface area contributed by atoms with E-state index in [4.69, 9.17) is 5.53 Å². The lowest BCUT2D eigenvalue weighted by molar-refractivity contribution is 0.591. The molecule has 3 rings (SSSR count). The predicted molar refractivity (Wildman–Crippen MR) is 71.0 cm³/mol. The zero-order chi connectivity index (χ0) is 13.1. The highest BCUT2D eigenvalue weighted by molar-refractivity contribution is 5.38. The van der Waals surface area contributed by atoms with Crippen LogP contribution in [0.15, 0.2) is 29.4 Å². The van der Waals surface area contributed by atoms with Crippen molar-refractivity contribution < 1.29 is 0 Å². The number of fused-ring (bicyclic) bond motifs is 1. The van der Waals surface area contributed by atoms with Crippen LogP contribution in [0.4, 0.5) is 5.69 Å². The lowest BCUT2D eigenvalue weighted by atomic mass is 10.0. The molecule has 0 saturated carbocycles. The third-order valence-corrected chi connectivity index (χ3v) is 3.42. The second-order valence-corrected chi connectivity index (χ2v) is 4.70. The number of rotatable bonds is 3. The molecule has 0 bridgehead atoms. The van der Waals surface area contributed by atoms with Gasteiger partial charge in [-0.05, 0) is 36.8 Å². The summed E-state index contributed by atoms with van der Waals surface area (Å²) in [5.41, 5.74) is 12.5. The summed E-state index contributed by atoms with van der Waals surface area (Å²) in [5.74, 6) is 0. The van der Waals surface area contributed by atoms with E-state index in [1.165, 1.54) is 18.5 Å². The standard InChI is InChI=1S/C13H14N6/c14-17-15-11-7-5-10(6-8-11)9-19-13-4-2-1-3-12(13)16-18-19/h5-8H,1-4,9H2. The Morgan fingerprint density at radius 2 is 2.00 bits per heavy atom. The average Bonchev–Trinajstić information content (AvgIpc) is 2.85. The second-order valence-electron chi connectivity index (χ2n) is 4.70. The fraction of sp³-hybridized carbons (Fsp3) is 0.385. The highest BCUT2D eigenvalue weighted by Crippen LogP contribution is 2.20. The molecule has 19 heavy (non-hydrogen) atoms. The molecule has 0 amide bonds. The maximum absolute atomic E-state index is 8.36. The van der Waals surface area contributed by atoms with Gasteiger partial charge in [-0.25, -0.2) is 4.68 Å². The van der Waals surface area contributed by atoms with Gasteiger partial charge in [0.25, 0.3) is 0 Å². The van der Waals surface area contributed by atoms with Crippen LogP contribution in [0.2, 0.25) is 0 Å². The molecule has 0 saturated heterocycles. The number of hydrogen-bond donors (Lipinski definition) is 0. The molecule has 0 aliphatic heterocycles. The molecule has 2 aromatic rings. The van der Waals surface area contributed by atoms with Crippen molar-refractivity contribution >= 4 is 5.69 Å². The molecule has 1 heterocycles. The molecular formula is C13H14N6. The Hall–Kier alpha value is -2.33. The summed E-state index contributed by atoms with van der Waals surface area (Å²) in [6, 6.07) is 7.55. The Labute approximate surface area is 110 Å². The van der Waals surface area contributed by atoms with Crippen molar-refractivity contribution in [1.29, 1.82) is 0 Å². The van der Waals surface area contributed by atoms with Crippen molar-refractivity contribution in [2.45, 2.75) is 32.2 Å². The number of aryl methyl sites for hydroxylation is 1. The molecule has 0 N–H and O–H groups in total. The van der Waals surface area contributed by atoms with Crippen LogP contribution in [0.3, 0.4) is 0 Å². The van der Waals surface area contributed by atoms with Gasteiger partial charge in [-0.3, -0.25) is 0 Å². The first-order valence-corrected chi connectivity index (χ1v) is 6.42. The molecule has 0 unspecified atom stereocenters. The van der Waals surface area contributed by atoms with Crippen LogP contribution in [-0.2, 0) is 19.4 Å². The molecule has 96 valence electrons. The Bertz CT molecular complexity index is 621. The highest BCUT2D eigenvalue weighted by atomic mass is 15.4. The zero-order valence-corrected chi connectivity index (χ0v) is 10.5. The van der Waals surface area contributed by atoms with Crippen molar-refractivity contribution in [3.05, 3.63) is 51.7 Å². The molecule has 1 aromatic carbocycles. The lowest BCUT2D eigenvalue weighted by Gasteiger charge is -2.12. The highest BCUT2D eigenvalue weighted by Gasteiger charge is 2.16. The first-order valence-electron chi connectivity index (χ1n) is 6.42. The summed E-state index contributed by atoms with van der Waals surface area (Å²) < 4.78 is 1.98. The van der Waals surface area contributed by atoms with E-state index < -0.39 is 0 Å². The first-order chi connectivity index (χ1) is 9.36. The minimum atomic E-state index is 0.631. The summed E-state index contributed by atoms with van der Waals surface area (Å²) >= 11 is 0. The van der Waals surface area contributed by atoms with Crippen LogP contribution in [0.25, 0.3) is 10.4 Å². The topological polar surface area (TPSA) is 79.5 Å². The molecule has 6 heteroatoms. The number of hydrogen-bond acceptors (Lipinski definition) is 3. The van der Waals surface area contributed by atoms with Gasteiger partial charge in [0.15, 0.2) is 0 Å². The van der Waals surface area contributed by atoms with Gasteiger partial charge in [0.1, 0.15) is 0 Å². The SMILES string of the molecule is [N-]=[N+]=Nc1ccc(Cn2nnc3c2CCCC3)cc1.